The third kappa shape index (κ3) is 4.85. The Morgan fingerprint density at radius 3 is 2.48 bits per heavy atom. The Balaban J connectivity index is 2.17. The SMILES string of the molecule is Cc1cc(S(=O)(=O)N[C@H](c2n[nH]c(=O)o2)[C@H](C)c2c(F)ccc(C)c2C)c(C(N)=O)cc1Cl. The minimum Gasteiger partial charge on any atom is -0.391 e. The summed E-state index contributed by atoms with van der Waals surface area (Å²) in [6, 6.07) is 3.93. The van der Waals surface area contributed by atoms with Crippen LogP contribution in [0.5, 0.6) is 0 Å². The van der Waals surface area contributed by atoms with Gasteiger partial charge in [0.15, 0.2) is 0 Å². The van der Waals surface area contributed by atoms with E-state index in [1.807, 2.05) is 0 Å². The molecule has 0 unspecified atom stereocenters. The Bertz CT molecular complexity index is 1400. The molecule has 0 fully saturated rings. The summed E-state index contributed by atoms with van der Waals surface area (Å²) in [5.74, 6) is -3.65. The molecule has 0 saturated carbocycles. The van der Waals surface area contributed by atoms with Crippen LogP contribution in [0.1, 0.15) is 57.4 Å². The van der Waals surface area contributed by atoms with Crippen molar-refractivity contribution >= 4 is 27.5 Å². The van der Waals surface area contributed by atoms with E-state index in [0.29, 0.717) is 11.1 Å². The Hall–Kier alpha value is -3.02. The van der Waals surface area contributed by atoms with Gasteiger partial charge in [0.25, 0.3) is 0 Å². The number of hydrogen-bond donors (Lipinski definition) is 3. The highest BCUT2D eigenvalue weighted by atomic mass is 35.5. The topological polar surface area (TPSA) is 148 Å². The van der Waals surface area contributed by atoms with Crippen molar-refractivity contribution in [1.82, 2.24) is 14.9 Å². The van der Waals surface area contributed by atoms with Crippen LogP contribution >= 0.6 is 11.6 Å². The predicted octanol–water partition coefficient (Wildman–Crippen LogP) is 3.00. The maximum absolute atomic E-state index is 14.8. The fourth-order valence-electron chi connectivity index (χ4n) is 3.57. The number of H-pyrrole nitrogens is 1. The summed E-state index contributed by atoms with van der Waals surface area (Å²) in [7, 11) is -4.45. The van der Waals surface area contributed by atoms with Crippen LogP contribution in [0, 0.1) is 26.6 Å². The van der Waals surface area contributed by atoms with E-state index in [2.05, 4.69) is 14.9 Å². The molecular weight excluding hydrogens is 475 g/mol. The molecule has 9 nitrogen and oxygen atoms in total. The molecule has 0 aliphatic carbocycles. The van der Waals surface area contributed by atoms with E-state index in [-0.39, 0.29) is 22.0 Å². The van der Waals surface area contributed by atoms with Crippen LogP contribution in [-0.4, -0.2) is 24.5 Å². The fourth-order valence-corrected chi connectivity index (χ4v) is 5.28. The summed E-state index contributed by atoms with van der Waals surface area (Å²) in [5.41, 5.74) is 7.03. The van der Waals surface area contributed by atoms with E-state index in [0.717, 1.165) is 11.6 Å². The number of primary amides is 1. The second kappa shape index (κ2) is 9.08. The van der Waals surface area contributed by atoms with Crippen LogP contribution in [0.15, 0.2) is 38.4 Å². The van der Waals surface area contributed by atoms with E-state index in [9.17, 15) is 22.4 Å². The van der Waals surface area contributed by atoms with Gasteiger partial charge in [-0.05, 0) is 61.2 Å². The van der Waals surface area contributed by atoms with Crippen molar-refractivity contribution in [1.29, 1.82) is 0 Å². The molecule has 1 aromatic heterocycles. The zero-order valence-corrected chi connectivity index (χ0v) is 19.8. The quantitative estimate of drug-likeness (QED) is 0.458. The van der Waals surface area contributed by atoms with Crippen LogP contribution in [0.2, 0.25) is 5.02 Å². The molecule has 0 radical (unpaired) electrons. The monoisotopic (exact) mass is 496 g/mol. The second-order valence-corrected chi connectivity index (χ2v) is 9.79. The predicted molar refractivity (Wildman–Crippen MR) is 119 cm³/mol. The number of rotatable bonds is 7. The van der Waals surface area contributed by atoms with Gasteiger partial charge in [-0.1, -0.05) is 24.6 Å². The number of aromatic nitrogens is 2. The van der Waals surface area contributed by atoms with Crippen molar-refractivity contribution in [3.8, 4) is 0 Å². The van der Waals surface area contributed by atoms with Gasteiger partial charge in [-0.3, -0.25) is 4.79 Å². The molecular formula is C21H22ClFN4O5S. The summed E-state index contributed by atoms with van der Waals surface area (Å²) in [6.45, 7) is 6.61. The normalized spacial score (nSPS) is 13.6. The molecule has 1 heterocycles. The van der Waals surface area contributed by atoms with E-state index in [4.69, 9.17) is 21.8 Å². The highest BCUT2D eigenvalue weighted by Crippen LogP contribution is 2.36. The number of amides is 1. The Labute approximate surface area is 194 Å². The van der Waals surface area contributed by atoms with Gasteiger partial charge in [-0.15, -0.1) is 5.10 Å². The van der Waals surface area contributed by atoms with Crippen LogP contribution in [0.25, 0.3) is 0 Å². The fraction of sp³-hybridized carbons (Fsp3) is 0.286. The average molecular weight is 497 g/mol. The molecule has 0 aliphatic rings. The first-order valence-electron chi connectivity index (χ1n) is 9.76. The van der Waals surface area contributed by atoms with Crippen LogP contribution < -0.4 is 16.2 Å². The first-order valence-corrected chi connectivity index (χ1v) is 11.6. The van der Waals surface area contributed by atoms with E-state index in [1.165, 1.54) is 12.1 Å². The van der Waals surface area contributed by atoms with E-state index in [1.54, 1.807) is 33.8 Å². The van der Waals surface area contributed by atoms with Crippen molar-refractivity contribution < 1.29 is 22.0 Å². The summed E-state index contributed by atoms with van der Waals surface area (Å²) < 4.78 is 49.0. The number of aryl methyl sites for hydroxylation is 2. The first kappa shape index (κ1) is 24.6. The lowest BCUT2D eigenvalue weighted by Gasteiger charge is -2.25. The van der Waals surface area contributed by atoms with Gasteiger partial charge in [0, 0.05) is 10.9 Å². The molecule has 4 N–H and O–H groups in total. The molecule has 0 aliphatic heterocycles. The Morgan fingerprint density at radius 1 is 1.24 bits per heavy atom. The van der Waals surface area contributed by atoms with Crippen LogP contribution in [-0.2, 0) is 10.0 Å². The lowest BCUT2D eigenvalue weighted by atomic mass is 9.88. The maximum atomic E-state index is 14.8. The summed E-state index contributed by atoms with van der Waals surface area (Å²) in [5, 5.41) is 5.98. The summed E-state index contributed by atoms with van der Waals surface area (Å²) in [4.78, 5) is 23.1. The van der Waals surface area contributed by atoms with Crippen molar-refractivity contribution in [3.63, 3.8) is 0 Å². The molecule has 2 aromatic carbocycles. The number of nitrogens with zero attached hydrogens (tertiary/aromatic N) is 1. The molecule has 2 atom stereocenters. The average Bonchev–Trinajstić information content (AvgIpc) is 3.16. The Morgan fingerprint density at radius 2 is 1.91 bits per heavy atom. The molecule has 0 saturated heterocycles. The standard InChI is InChI=1S/C21H22ClFN4O5S/c1-9-5-6-15(23)17(11(9)3)12(4)18(20-25-26-21(29)32-20)27-33(30,31)16-7-10(2)14(22)8-13(16)19(24)28/h5-8,12,18,27H,1-4H3,(H2,24,28)(H,26,29)/t12-,18+/m1/s1. The molecule has 33 heavy (non-hydrogen) atoms. The molecule has 0 bridgehead atoms. The van der Waals surface area contributed by atoms with E-state index < -0.39 is 44.4 Å². The number of carbonyl (C=O) groups excluding carboxylic acids is 1. The number of halogens is 2. The van der Waals surface area contributed by atoms with Crippen LogP contribution in [0.3, 0.4) is 0 Å². The number of sulfonamides is 1. The zero-order valence-electron chi connectivity index (χ0n) is 18.2. The van der Waals surface area contributed by atoms with Gasteiger partial charge in [0.1, 0.15) is 11.9 Å². The third-order valence-electron chi connectivity index (χ3n) is 5.51. The van der Waals surface area contributed by atoms with Gasteiger partial charge in [0.2, 0.25) is 21.8 Å². The number of aromatic amines is 1. The molecule has 176 valence electrons. The molecule has 12 heteroatoms. The minimum absolute atomic E-state index is 0.156. The zero-order chi connectivity index (χ0) is 24.7. The lowest BCUT2D eigenvalue weighted by molar-refractivity contribution is 0.0997. The first-order chi connectivity index (χ1) is 15.3. The van der Waals surface area contributed by atoms with Gasteiger partial charge in [-0.2, -0.15) is 4.72 Å². The number of nitrogens with two attached hydrogens (primary N) is 1. The Kier molecular flexibility index (Phi) is 6.78. The van der Waals surface area contributed by atoms with E-state index >= 15 is 0 Å². The van der Waals surface area contributed by atoms with Crippen molar-refractivity contribution in [2.75, 3.05) is 0 Å². The van der Waals surface area contributed by atoms with Gasteiger partial charge >= 0.3 is 5.76 Å². The third-order valence-corrected chi connectivity index (χ3v) is 7.39. The van der Waals surface area contributed by atoms with Crippen molar-refractivity contribution in [2.45, 2.75) is 44.6 Å². The molecule has 3 rings (SSSR count). The number of carbonyl (C=O) groups is 1. The lowest BCUT2D eigenvalue weighted by Crippen LogP contribution is -2.34. The summed E-state index contributed by atoms with van der Waals surface area (Å²) in [6.07, 6.45) is 0. The molecule has 0 spiro atoms. The summed E-state index contributed by atoms with van der Waals surface area (Å²) >= 11 is 6.04. The second-order valence-electron chi connectivity index (χ2n) is 7.70. The minimum atomic E-state index is -4.45. The number of nitrogens with one attached hydrogen (secondary N) is 2. The number of benzene rings is 2. The van der Waals surface area contributed by atoms with Crippen molar-refractivity contribution in [2.24, 2.45) is 5.73 Å². The van der Waals surface area contributed by atoms with Gasteiger partial charge < -0.3 is 10.2 Å². The highest BCUT2D eigenvalue weighted by molar-refractivity contribution is 7.89. The van der Waals surface area contributed by atoms with Crippen LogP contribution in [0.4, 0.5) is 4.39 Å². The largest absolute Gasteiger partial charge is 0.434 e. The maximum Gasteiger partial charge on any atom is 0.434 e. The smallest absolute Gasteiger partial charge is 0.391 e. The number of hydrogen-bond acceptors (Lipinski definition) is 6. The molecule has 3 aromatic rings. The van der Waals surface area contributed by atoms with Gasteiger partial charge in [-0.25, -0.2) is 22.7 Å². The molecule has 1 amide bonds. The van der Waals surface area contributed by atoms with Gasteiger partial charge in [0.05, 0.1) is 10.5 Å². The highest BCUT2D eigenvalue weighted by Gasteiger charge is 2.35. The van der Waals surface area contributed by atoms with Crippen molar-refractivity contribution in [3.05, 3.63) is 79.4 Å².